The van der Waals surface area contributed by atoms with Crippen molar-refractivity contribution in [2.75, 3.05) is 7.11 Å². The predicted octanol–water partition coefficient (Wildman–Crippen LogP) is 5.26. The van der Waals surface area contributed by atoms with E-state index < -0.39 is 11.9 Å². The molecule has 2 aromatic carbocycles. The van der Waals surface area contributed by atoms with E-state index in [4.69, 9.17) is 49.0 Å². The van der Waals surface area contributed by atoms with Gasteiger partial charge in [0, 0.05) is 5.02 Å². The Morgan fingerprint density at radius 2 is 1.46 bits per heavy atom. The second-order valence-corrected chi connectivity index (χ2v) is 6.55. The van der Waals surface area contributed by atoms with E-state index in [1.165, 1.54) is 19.2 Å². The smallest absolute Gasteiger partial charge is 0.311 e. The molecular formula is C18H15Cl3O5. The Bertz CT molecular complexity index is 813. The summed E-state index contributed by atoms with van der Waals surface area (Å²) in [6, 6.07) is 7.98. The van der Waals surface area contributed by atoms with Crippen LogP contribution < -0.4 is 14.2 Å². The Balaban J connectivity index is 1.94. The Morgan fingerprint density at radius 1 is 0.885 bits per heavy atom. The van der Waals surface area contributed by atoms with Crippen LogP contribution in [-0.2, 0) is 9.59 Å². The second kappa shape index (κ2) is 9.12. The Labute approximate surface area is 165 Å². The van der Waals surface area contributed by atoms with Crippen molar-refractivity contribution >= 4 is 46.7 Å². The number of carbonyl (C=O) groups excluding carboxylic acids is 2. The minimum absolute atomic E-state index is 0.00328. The van der Waals surface area contributed by atoms with E-state index in [2.05, 4.69) is 0 Å². The molecule has 2 rings (SSSR count). The number of halogens is 3. The summed E-state index contributed by atoms with van der Waals surface area (Å²) in [5, 5.41) is 0.515. The number of hydrogen-bond donors (Lipinski definition) is 0. The van der Waals surface area contributed by atoms with E-state index in [-0.39, 0.29) is 34.4 Å². The fourth-order valence-corrected chi connectivity index (χ4v) is 2.93. The van der Waals surface area contributed by atoms with Crippen molar-refractivity contribution in [3.8, 4) is 17.2 Å². The minimum atomic E-state index is -0.677. The highest BCUT2D eigenvalue weighted by Crippen LogP contribution is 2.36. The van der Waals surface area contributed by atoms with E-state index >= 15 is 0 Å². The number of hydrogen-bond acceptors (Lipinski definition) is 5. The van der Waals surface area contributed by atoms with Gasteiger partial charge in [-0.3, -0.25) is 9.59 Å². The predicted molar refractivity (Wildman–Crippen MR) is 99.7 cm³/mol. The zero-order valence-electron chi connectivity index (χ0n) is 14.0. The van der Waals surface area contributed by atoms with Gasteiger partial charge in [-0.25, -0.2) is 0 Å². The van der Waals surface area contributed by atoms with Gasteiger partial charge in [-0.05, 0) is 36.8 Å². The molecule has 0 atom stereocenters. The van der Waals surface area contributed by atoms with Crippen molar-refractivity contribution in [2.45, 2.75) is 19.8 Å². The third-order valence-electron chi connectivity index (χ3n) is 3.26. The maximum absolute atomic E-state index is 12.0. The number of esters is 2. The molecule has 26 heavy (non-hydrogen) atoms. The molecule has 0 amide bonds. The van der Waals surface area contributed by atoms with Gasteiger partial charge in [-0.15, -0.1) is 0 Å². The van der Waals surface area contributed by atoms with Crippen LogP contribution in [0.3, 0.4) is 0 Å². The summed E-state index contributed by atoms with van der Waals surface area (Å²) in [6.07, 6.45) is -0.388. The summed E-state index contributed by atoms with van der Waals surface area (Å²) in [5.41, 5.74) is 0.903. The van der Waals surface area contributed by atoms with Crippen molar-refractivity contribution in [3.63, 3.8) is 0 Å². The van der Waals surface area contributed by atoms with E-state index in [9.17, 15) is 9.59 Å². The highest BCUT2D eigenvalue weighted by Gasteiger charge is 2.17. The normalized spacial score (nSPS) is 10.3. The topological polar surface area (TPSA) is 61.8 Å². The quantitative estimate of drug-likeness (QED) is 0.474. The fourth-order valence-electron chi connectivity index (χ4n) is 2.03. The first-order valence-electron chi connectivity index (χ1n) is 7.50. The van der Waals surface area contributed by atoms with Crippen molar-refractivity contribution in [3.05, 3.63) is 51.0 Å². The first-order valence-corrected chi connectivity index (χ1v) is 8.64. The molecule has 0 aromatic heterocycles. The van der Waals surface area contributed by atoms with Crippen LogP contribution in [0.5, 0.6) is 17.2 Å². The molecule has 0 aliphatic rings. The largest absolute Gasteiger partial charge is 0.493 e. The van der Waals surface area contributed by atoms with Gasteiger partial charge in [0.25, 0.3) is 0 Å². The van der Waals surface area contributed by atoms with E-state index in [0.717, 1.165) is 5.56 Å². The van der Waals surface area contributed by atoms with Crippen molar-refractivity contribution in [1.82, 2.24) is 0 Å². The first kappa shape index (κ1) is 20.4. The summed E-state index contributed by atoms with van der Waals surface area (Å²) >= 11 is 17.7. The average molecular weight is 418 g/mol. The van der Waals surface area contributed by atoms with Gasteiger partial charge >= 0.3 is 11.9 Å². The first-order chi connectivity index (χ1) is 12.3. The lowest BCUT2D eigenvalue weighted by Crippen LogP contribution is -2.14. The molecule has 8 heteroatoms. The molecular weight excluding hydrogens is 403 g/mol. The summed E-state index contributed by atoms with van der Waals surface area (Å²) in [7, 11) is 1.47. The molecule has 0 aliphatic heterocycles. The molecule has 0 bridgehead atoms. The number of aryl methyl sites for hydroxylation is 1. The van der Waals surface area contributed by atoms with Crippen LogP contribution in [0.4, 0.5) is 0 Å². The van der Waals surface area contributed by atoms with Crippen molar-refractivity contribution in [2.24, 2.45) is 0 Å². The maximum atomic E-state index is 12.0. The second-order valence-electron chi connectivity index (χ2n) is 5.30. The number of ether oxygens (including phenoxy) is 3. The zero-order chi connectivity index (χ0) is 19.3. The Hall–Kier alpha value is -1.95. The van der Waals surface area contributed by atoms with Gasteiger partial charge < -0.3 is 14.2 Å². The molecule has 138 valence electrons. The van der Waals surface area contributed by atoms with Gasteiger partial charge in [-0.1, -0.05) is 40.9 Å². The number of rotatable bonds is 6. The fraction of sp³-hybridized carbons (Fsp3) is 0.222. The summed E-state index contributed by atoms with van der Waals surface area (Å²) in [5.74, 6) is -0.569. The van der Waals surface area contributed by atoms with Gasteiger partial charge in [0.2, 0.25) is 0 Å². The minimum Gasteiger partial charge on any atom is -0.493 e. The summed E-state index contributed by atoms with van der Waals surface area (Å²) < 4.78 is 15.5. The Morgan fingerprint density at radius 3 is 2.04 bits per heavy atom. The van der Waals surface area contributed by atoms with E-state index in [1.807, 2.05) is 13.0 Å². The van der Waals surface area contributed by atoms with Gasteiger partial charge in [0.1, 0.15) is 0 Å². The highest BCUT2D eigenvalue weighted by molar-refractivity contribution is 6.40. The third-order valence-corrected chi connectivity index (χ3v) is 4.03. The number of methoxy groups -OCH3 is 1. The average Bonchev–Trinajstić information content (AvgIpc) is 2.56. The third kappa shape index (κ3) is 5.53. The molecule has 0 spiro atoms. The zero-order valence-corrected chi connectivity index (χ0v) is 16.2. The van der Waals surface area contributed by atoms with Crippen LogP contribution >= 0.6 is 34.8 Å². The number of carbonyl (C=O) groups is 2. The van der Waals surface area contributed by atoms with Crippen LogP contribution in [0, 0.1) is 6.92 Å². The molecule has 0 aliphatic carbocycles. The van der Waals surface area contributed by atoms with Crippen LogP contribution in [0.1, 0.15) is 18.4 Å². The SMILES string of the molecule is COc1ccc(C)cc1OC(=O)CCC(=O)Oc1c(Cl)cc(Cl)cc1Cl. The molecule has 0 unspecified atom stereocenters. The van der Waals surface area contributed by atoms with E-state index in [1.54, 1.807) is 12.1 Å². The van der Waals surface area contributed by atoms with Crippen LogP contribution in [0.15, 0.2) is 30.3 Å². The van der Waals surface area contributed by atoms with Gasteiger partial charge in [0.15, 0.2) is 17.2 Å². The molecule has 2 aromatic rings. The van der Waals surface area contributed by atoms with Crippen LogP contribution in [-0.4, -0.2) is 19.0 Å². The molecule has 0 N–H and O–H groups in total. The molecule has 0 fully saturated rings. The molecule has 0 heterocycles. The van der Waals surface area contributed by atoms with Crippen molar-refractivity contribution < 1.29 is 23.8 Å². The molecule has 5 nitrogen and oxygen atoms in total. The summed E-state index contributed by atoms with van der Waals surface area (Å²) in [4.78, 5) is 23.9. The summed E-state index contributed by atoms with van der Waals surface area (Å²) in [6.45, 7) is 1.85. The van der Waals surface area contributed by atoms with Crippen LogP contribution in [0.2, 0.25) is 15.1 Å². The highest BCUT2D eigenvalue weighted by atomic mass is 35.5. The lowest BCUT2D eigenvalue weighted by Gasteiger charge is -2.10. The molecule has 0 radical (unpaired) electrons. The standard InChI is InChI=1S/C18H15Cl3O5/c1-10-3-4-14(24-2)15(7-10)25-16(22)5-6-17(23)26-18-12(20)8-11(19)9-13(18)21/h3-4,7-9H,5-6H2,1-2H3. The van der Waals surface area contributed by atoms with E-state index in [0.29, 0.717) is 10.8 Å². The number of benzene rings is 2. The lowest BCUT2D eigenvalue weighted by molar-refractivity contribution is -0.140. The van der Waals surface area contributed by atoms with Gasteiger partial charge in [-0.2, -0.15) is 0 Å². The molecule has 0 saturated heterocycles. The Kier molecular flexibility index (Phi) is 7.14. The van der Waals surface area contributed by atoms with Gasteiger partial charge in [0.05, 0.1) is 30.0 Å². The lowest BCUT2D eigenvalue weighted by atomic mass is 10.2. The van der Waals surface area contributed by atoms with Crippen LogP contribution in [0.25, 0.3) is 0 Å². The maximum Gasteiger partial charge on any atom is 0.311 e. The monoisotopic (exact) mass is 416 g/mol. The van der Waals surface area contributed by atoms with Crippen molar-refractivity contribution in [1.29, 1.82) is 0 Å². The molecule has 0 saturated carbocycles.